The Balaban J connectivity index is 1.28. The molecule has 1 heterocycles. The number of rotatable bonds is 10. The number of hydrogen-bond donors (Lipinski definition) is 1. The van der Waals surface area contributed by atoms with E-state index in [0.717, 1.165) is 51.5 Å². The van der Waals surface area contributed by atoms with Crippen molar-refractivity contribution in [2.75, 3.05) is 33.1 Å². The zero-order chi connectivity index (χ0) is 25.6. The highest BCUT2D eigenvalue weighted by atomic mass is 16.5. The molecule has 0 amide bonds. The summed E-state index contributed by atoms with van der Waals surface area (Å²) in [5.41, 5.74) is 3.67. The fraction of sp³-hybridized carbons (Fsp3) is 0.355. The van der Waals surface area contributed by atoms with Gasteiger partial charge in [-0.3, -0.25) is 9.78 Å². The molecule has 6 nitrogen and oxygen atoms in total. The lowest BCUT2D eigenvalue weighted by Crippen LogP contribution is -2.35. The second kappa shape index (κ2) is 9.34. The molecule has 3 aromatic carbocycles. The van der Waals surface area contributed by atoms with Crippen LogP contribution in [0.1, 0.15) is 42.5 Å². The van der Waals surface area contributed by atoms with E-state index in [2.05, 4.69) is 41.4 Å². The first kappa shape index (κ1) is 23.7. The topological polar surface area (TPSA) is 63.7 Å². The summed E-state index contributed by atoms with van der Waals surface area (Å²) in [7, 11) is 5.88. The van der Waals surface area contributed by atoms with Crippen molar-refractivity contribution < 1.29 is 14.3 Å². The number of ketones is 1. The van der Waals surface area contributed by atoms with E-state index in [4.69, 9.17) is 9.47 Å². The van der Waals surface area contributed by atoms with Crippen LogP contribution >= 0.6 is 0 Å². The molecule has 2 aliphatic rings. The summed E-state index contributed by atoms with van der Waals surface area (Å²) >= 11 is 0. The third kappa shape index (κ3) is 4.74. The molecule has 0 bridgehead atoms. The zero-order valence-electron chi connectivity index (χ0n) is 21.7. The number of carbonyl (C=O) groups is 1. The highest BCUT2D eigenvalue weighted by Gasteiger charge is 2.45. The smallest absolute Gasteiger partial charge is 0.163 e. The molecule has 0 spiro atoms. The van der Waals surface area contributed by atoms with Gasteiger partial charge < -0.3 is 19.7 Å². The van der Waals surface area contributed by atoms with E-state index in [1.807, 2.05) is 42.5 Å². The average molecular weight is 496 g/mol. The Hall–Kier alpha value is -3.64. The Kier molecular flexibility index (Phi) is 6.00. The van der Waals surface area contributed by atoms with Crippen molar-refractivity contribution in [2.45, 2.75) is 37.6 Å². The number of anilines is 2. The number of fused-ring (bicyclic) bond motifs is 2. The van der Waals surface area contributed by atoms with E-state index in [9.17, 15) is 4.79 Å². The van der Waals surface area contributed by atoms with Crippen LogP contribution in [0.15, 0.2) is 60.8 Å². The van der Waals surface area contributed by atoms with Crippen molar-refractivity contribution in [1.82, 2.24) is 9.88 Å². The summed E-state index contributed by atoms with van der Waals surface area (Å²) in [6.45, 7) is 0.627. The Morgan fingerprint density at radius 2 is 1.89 bits per heavy atom. The monoisotopic (exact) mass is 495 g/mol. The number of methoxy groups -OCH3 is 1. The number of carbonyl (C=O) groups excluding carboxylic acids is 1. The first-order valence-electron chi connectivity index (χ1n) is 13.1. The number of ether oxygens (including phenoxy) is 2. The number of nitrogens with one attached hydrogen (secondary N) is 1. The van der Waals surface area contributed by atoms with Crippen molar-refractivity contribution in [3.63, 3.8) is 0 Å². The maximum atomic E-state index is 12.8. The third-order valence-corrected chi connectivity index (χ3v) is 7.93. The first-order valence-corrected chi connectivity index (χ1v) is 13.1. The average Bonchev–Trinajstić information content (AvgIpc) is 3.83. The normalized spacial score (nSPS) is 16.2. The summed E-state index contributed by atoms with van der Waals surface area (Å²) in [6.07, 6.45) is 7.11. The lowest BCUT2D eigenvalue weighted by molar-refractivity contribution is 0.0977. The lowest BCUT2D eigenvalue weighted by atomic mass is 9.98. The number of hydrogen-bond acceptors (Lipinski definition) is 6. The van der Waals surface area contributed by atoms with Gasteiger partial charge in [-0.15, -0.1) is 0 Å². The van der Waals surface area contributed by atoms with Crippen molar-refractivity contribution in [3.05, 3.63) is 66.4 Å². The van der Waals surface area contributed by atoms with Gasteiger partial charge in [0, 0.05) is 41.0 Å². The number of Topliss-reactive ketones (excluding diaryl/α,β-unsaturated/α-hetero) is 1. The van der Waals surface area contributed by atoms with Crippen LogP contribution in [0.5, 0.6) is 11.5 Å². The van der Waals surface area contributed by atoms with E-state index in [-0.39, 0.29) is 11.3 Å². The molecule has 6 heteroatoms. The summed E-state index contributed by atoms with van der Waals surface area (Å²) in [6, 6.07) is 18.1. The molecule has 1 N–H and O–H groups in total. The number of benzene rings is 3. The maximum Gasteiger partial charge on any atom is 0.163 e. The van der Waals surface area contributed by atoms with Crippen LogP contribution in [0.3, 0.4) is 0 Å². The molecule has 1 aromatic heterocycles. The van der Waals surface area contributed by atoms with Gasteiger partial charge in [0.05, 0.1) is 18.2 Å². The van der Waals surface area contributed by atoms with Gasteiger partial charge in [-0.05, 0) is 80.7 Å². The highest BCUT2D eigenvalue weighted by molar-refractivity contribution is 6.09. The molecule has 2 fully saturated rings. The largest absolute Gasteiger partial charge is 0.493 e. The number of nitrogens with zero attached hydrogens (tertiary/aromatic N) is 2. The van der Waals surface area contributed by atoms with Crippen LogP contribution in [0.25, 0.3) is 21.7 Å². The van der Waals surface area contributed by atoms with Crippen LogP contribution < -0.4 is 14.8 Å². The minimum Gasteiger partial charge on any atom is -0.493 e. The summed E-state index contributed by atoms with van der Waals surface area (Å²) in [5, 5.41) is 6.56. The summed E-state index contributed by atoms with van der Waals surface area (Å²) < 4.78 is 11.9. The third-order valence-electron chi connectivity index (χ3n) is 7.93. The van der Waals surface area contributed by atoms with Crippen molar-refractivity contribution in [1.29, 1.82) is 0 Å². The lowest BCUT2D eigenvalue weighted by Gasteiger charge is -2.24. The van der Waals surface area contributed by atoms with Gasteiger partial charge in [0.25, 0.3) is 0 Å². The molecule has 0 radical (unpaired) electrons. The Morgan fingerprint density at radius 3 is 2.62 bits per heavy atom. The summed E-state index contributed by atoms with van der Waals surface area (Å²) in [5.74, 6) is 2.23. The highest BCUT2D eigenvalue weighted by Crippen LogP contribution is 2.42. The molecule has 0 atom stereocenters. The predicted octanol–water partition coefficient (Wildman–Crippen LogP) is 6.60. The maximum absolute atomic E-state index is 12.8. The van der Waals surface area contributed by atoms with Gasteiger partial charge in [0.2, 0.25) is 0 Å². The van der Waals surface area contributed by atoms with E-state index >= 15 is 0 Å². The molecule has 0 saturated heterocycles. The minimum atomic E-state index is 0.120. The molecule has 190 valence electrons. The molecule has 2 aliphatic carbocycles. The van der Waals surface area contributed by atoms with Crippen LogP contribution in [0, 0.1) is 5.92 Å². The van der Waals surface area contributed by atoms with E-state index in [1.165, 1.54) is 12.8 Å². The van der Waals surface area contributed by atoms with Crippen LogP contribution in [0.4, 0.5) is 11.4 Å². The molecule has 2 saturated carbocycles. The Labute approximate surface area is 217 Å². The van der Waals surface area contributed by atoms with E-state index in [1.54, 1.807) is 13.3 Å². The van der Waals surface area contributed by atoms with Gasteiger partial charge in [-0.2, -0.15) is 0 Å². The number of likely N-dealkylation sites (N-methyl/N-ethyl adjacent to an activating group) is 1. The minimum absolute atomic E-state index is 0.120. The molecule has 4 aromatic rings. The molecule has 0 unspecified atom stereocenters. The molecule has 6 rings (SSSR count). The van der Waals surface area contributed by atoms with Gasteiger partial charge in [-0.1, -0.05) is 24.3 Å². The van der Waals surface area contributed by atoms with E-state index < -0.39 is 0 Å². The quantitative estimate of drug-likeness (QED) is 0.250. The fourth-order valence-corrected chi connectivity index (χ4v) is 5.07. The van der Waals surface area contributed by atoms with E-state index in [0.29, 0.717) is 30.4 Å². The van der Waals surface area contributed by atoms with Gasteiger partial charge in [0.1, 0.15) is 6.61 Å². The molecular formula is C31H33N3O3. The van der Waals surface area contributed by atoms with Crippen molar-refractivity contribution in [3.8, 4) is 11.5 Å². The second-order valence-corrected chi connectivity index (χ2v) is 10.7. The second-order valence-electron chi connectivity index (χ2n) is 10.7. The summed E-state index contributed by atoms with van der Waals surface area (Å²) in [4.78, 5) is 19.7. The SMILES string of the molecule is COc1cc2c(Nc3ccc4c(C(=O)CC5CC5)cccc4c3)ccnc2cc1OCC1(N(C)C)CC1. The Morgan fingerprint density at radius 1 is 1.05 bits per heavy atom. The fourth-order valence-electron chi connectivity index (χ4n) is 5.07. The predicted molar refractivity (Wildman–Crippen MR) is 148 cm³/mol. The van der Waals surface area contributed by atoms with Crippen molar-refractivity contribution >= 4 is 38.8 Å². The standard InChI is InChI=1S/C31H33N3O3/c1-34(2)31(12-13-31)19-37-30-18-27-25(17-29(30)36-3)26(11-14-32-27)33-22-9-10-23-21(16-22)5-4-6-24(23)28(35)15-20-7-8-20/h4-6,9-11,14,16-18,20H,7-8,12-13,15,19H2,1-3H3,(H,32,33). The Bertz CT molecular complexity index is 1490. The molecule has 0 aliphatic heterocycles. The molecular weight excluding hydrogens is 462 g/mol. The molecule has 37 heavy (non-hydrogen) atoms. The zero-order valence-corrected chi connectivity index (χ0v) is 21.7. The van der Waals surface area contributed by atoms with Crippen LogP contribution in [0.2, 0.25) is 0 Å². The number of pyridine rings is 1. The van der Waals surface area contributed by atoms with Crippen LogP contribution in [-0.4, -0.2) is 49.0 Å². The van der Waals surface area contributed by atoms with Crippen LogP contribution in [-0.2, 0) is 0 Å². The first-order chi connectivity index (χ1) is 18.0. The van der Waals surface area contributed by atoms with Gasteiger partial charge in [-0.25, -0.2) is 0 Å². The van der Waals surface area contributed by atoms with Crippen molar-refractivity contribution in [2.24, 2.45) is 5.92 Å². The number of aromatic nitrogens is 1. The van der Waals surface area contributed by atoms with Gasteiger partial charge >= 0.3 is 0 Å². The van der Waals surface area contributed by atoms with Gasteiger partial charge in [0.15, 0.2) is 17.3 Å².